The molecule has 10 rings (SSSR count). The van der Waals surface area contributed by atoms with E-state index in [0.717, 1.165) is 50.1 Å². The molecule has 1 aromatic heterocycles. The average molecular weight is 690 g/mol. The topological polar surface area (TPSA) is 16.4 Å². The third kappa shape index (κ3) is 5.81. The molecule has 54 heavy (non-hydrogen) atoms. The van der Waals surface area contributed by atoms with Gasteiger partial charge in [-0.15, -0.1) is 0 Å². The van der Waals surface area contributed by atoms with E-state index in [1.165, 1.54) is 44.2 Å². The van der Waals surface area contributed by atoms with E-state index >= 15 is 0 Å². The van der Waals surface area contributed by atoms with Crippen LogP contribution in [-0.4, -0.2) is 0 Å². The Morgan fingerprint density at radius 3 is 1.30 bits per heavy atom. The minimum atomic E-state index is 0.883. The molecule has 0 aliphatic heterocycles. The van der Waals surface area contributed by atoms with Gasteiger partial charge in [0.25, 0.3) is 0 Å². The molecule has 0 radical (unpaired) electrons. The quantitative estimate of drug-likeness (QED) is 0.166. The van der Waals surface area contributed by atoms with Gasteiger partial charge in [-0.05, 0) is 104 Å². The van der Waals surface area contributed by atoms with Gasteiger partial charge in [0.2, 0.25) is 0 Å². The van der Waals surface area contributed by atoms with Crippen LogP contribution in [0, 0.1) is 0 Å². The summed E-state index contributed by atoms with van der Waals surface area (Å²) in [5.74, 6) is 0. The van der Waals surface area contributed by atoms with Crippen molar-refractivity contribution in [1.29, 1.82) is 0 Å². The normalized spacial score (nSPS) is 11.3. The van der Waals surface area contributed by atoms with Crippen molar-refractivity contribution in [1.82, 2.24) is 0 Å². The Bertz CT molecular complexity index is 2890. The lowest BCUT2D eigenvalue weighted by molar-refractivity contribution is 0.669. The minimum absolute atomic E-state index is 0.883. The van der Waals surface area contributed by atoms with Gasteiger partial charge >= 0.3 is 0 Å². The molecule has 1 heterocycles. The maximum Gasteiger partial charge on any atom is 0.136 e. The van der Waals surface area contributed by atoms with Crippen molar-refractivity contribution >= 4 is 49.8 Å². The van der Waals surface area contributed by atoms with Crippen LogP contribution >= 0.6 is 0 Å². The second-order valence-electron chi connectivity index (χ2n) is 13.8. The van der Waals surface area contributed by atoms with Crippen LogP contribution in [-0.2, 0) is 0 Å². The predicted octanol–water partition coefficient (Wildman–Crippen LogP) is 14.9. The zero-order valence-corrected chi connectivity index (χ0v) is 29.6. The van der Waals surface area contributed by atoms with Crippen LogP contribution in [0.3, 0.4) is 0 Å². The number of furan rings is 1. The molecule has 0 saturated carbocycles. The van der Waals surface area contributed by atoms with E-state index in [-0.39, 0.29) is 0 Å². The van der Waals surface area contributed by atoms with Crippen LogP contribution in [0.15, 0.2) is 217 Å². The molecule has 0 aliphatic rings. The lowest BCUT2D eigenvalue weighted by Crippen LogP contribution is -2.11. The van der Waals surface area contributed by atoms with Crippen molar-refractivity contribution in [3.05, 3.63) is 212 Å². The zero-order chi connectivity index (χ0) is 35.8. The monoisotopic (exact) mass is 689 g/mol. The van der Waals surface area contributed by atoms with Crippen LogP contribution < -0.4 is 4.90 Å². The summed E-state index contributed by atoms with van der Waals surface area (Å²) in [7, 11) is 0. The molecule has 2 nitrogen and oxygen atoms in total. The van der Waals surface area contributed by atoms with E-state index < -0.39 is 0 Å². The Balaban J connectivity index is 1.06. The van der Waals surface area contributed by atoms with Crippen LogP contribution in [0.4, 0.5) is 17.1 Å². The average Bonchev–Trinajstić information content (AvgIpc) is 3.61. The predicted molar refractivity (Wildman–Crippen MR) is 228 cm³/mol. The fourth-order valence-electron chi connectivity index (χ4n) is 7.69. The first-order valence-electron chi connectivity index (χ1n) is 18.4. The van der Waals surface area contributed by atoms with Gasteiger partial charge in [-0.2, -0.15) is 0 Å². The van der Waals surface area contributed by atoms with Gasteiger partial charge in [0.05, 0.1) is 5.69 Å². The van der Waals surface area contributed by atoms with Crippen molar-refractivity contribution in [2.75, 3.05) is 4.90 Å². The number of fused-ring (bicyclic) bond motifs is 4. The fraction of sp³-hybridized carbons (Fsp3) is 0. The van der Waals surface area contributed by atoms with Crippen molar-refractivity contribution in [3.63, 3.8) is 0 Å². The maximum absolute atomic E-state index is 6.52. The van der Waals surface area contributed by atoms with Crippen molar-refractivity contribution in [3.8, 4) is 44.5 Å². The van der Waals surface area contributed by atoms with Crippen LogP contribution in [0.2, 0.25) is 0 Å². The lowest BCUT2D eigenvalue weighted by atomic mass is 9.98. The van der Waals surface area contributed by atoms with E-state index in [2.05, 4.69) is 217 Å². The first-order valence-corrected chi connectivity index (χ1v) is 18.4. The Morgan fingerprint density at radius 2 is 0.722 bits per heavy atom. The molecule has 0 spiro atoms. The summed E-state index contributed by atoms with van der Waals surface area (Å²) in [5, 5.41) is 4.65. The first-order chi connectivity index (χ1) is 26.7. The number of benzene rings is 9. The molecule has 0 saturated heterocycles. The summed E-state index contributed by atoms with van der Waals surface area (Å²) in [6, 6.07) is 75.8. The van der Waals surface area contributed by atoms with Gasteiger partial charge in [0.1, 0.15) is 11.2 Å². The molecular formula is C52H35NO. The zero-order valence-electron chi connectivity index (χ0n) is 29.6. The molecule has 10 aromatic rings. The highest BCUT2D eigenvalue weighted by Crippen LogP contribution is 2.43. The third-order valence-corrected chi connectivity index (χ3v) is 10.5. The molecule has 9 aromatic carbocycles. The van der Waals surface area contributed by atoms with Crippen molar-refractivity contribution < 1.29 is 4.42 Å². The molecule has 254 valence electrons. The summed E-state index contributed by atoms with van der Waals surface area (Å²) < 4.78 is 6.52. The van der Waals surface area contributed by atoms with E-state index in [9.17, 15) is 0 Å². The fourth-order valence-corrected chi connectivity index (χ4v) is 7.69. The molecule has 0 atom stereocenters. The van der Waals surface area contributed by atoms with Gasteiger partial charge in [-0.1, -0.05) is 158 Å². The Morgan fingerprint density at radius 1 is 0.296 bits per heavy atom. The Labute approximate surface area is 314 Å². The molecule has 0 N–H and O–H groups in total. The highest BCUT2D eigenvalue weighted by atomic mass is 16.3. The molecule has 0 aliphatic carbocycles. The number of para-hydroxylation sites is 1. The molecule has 0 fully saturated rings. The lowest BCUT2D eigenvalue weighted by Gasteiger charge is -2.28. The highest BCUT2D eigenvalue weighted by Gasteiger charge is 2.19. The summed E-state index contributed by atoms with van der Waals surface area (Å²) in [6.07, 6.45) is 0. The molecule has 0 bridgehead atoms. The largest absolute Gasteiger partial charge is 0.456 e. The van der Waals surface area contributed by atoms with E-state index in [1.54, 1.807) is 0 Å². The number of nitrogens with zero attached hydrogens (tertiary/aromatic N) is 1. The summed E-state index contributed by atoms with van der Waals surface area (Å²) in [5.41, 5.74) is 14.4. The number of anilines is 3. The second kappa shape index (κ2) is 13.4. The molecule has 0 unspecified atom stereocenters. The van der Waals surface area contributed by atoms with Gasteiger partial charge < -0.3 is 9.32 Å². The van der Waals surface area contributed by atoms with Gasteiger partial charge in [-0.3, -0.25) is 0 Å². The maximum atomic E-state index is 6.52. The first kappa shape index (κ1) is 31.6. The van der Waals surface area contributed by atoms with Crippen LogP contribution in [0.25, 0.3) is 77.2 Å². The number of rotatable bonds is 7. The standard InChI is InChI=1S/C52H35NO/c1-3-11-36(12-4-1)38-19-21-39(22-20-38)41-25-30-46(31-26-41)53(45-28-23-40(24-29-45)37-13-5-2-6-14-37)50-18-10-9-17-47(50)44-27-32-48-49-33-42-15-7-8-16-43(42)34-52(49)54-51(48)35-44/h1-35H. The smallest absolute Gasteiger partial charge is 0.136 e. The minimum Gasteiger partial charge on any atom is -0.456 e. The molecular weight excluding hydrogens is 655 g/mol. The summed E-state index contributed by atoms with van der Waals surface area (Å²) in [4.78, 5) is 2.36. The van der Waals surface area contributed by atoms with E-state index in [0.29, 0.717) is 0 Å². The van der Waals surface area contributed by atoms with E-state index in [4.69, 9.17) is 4.42 Å². The number of hydrogen-bond acceptors (Lipinski definition) is 2. The summed E-state index contributed by atoms with van der Waals surface area (Å²) in [6.45, 7) is 0. The Kier molecular flexibility index (Phi) is 7.85. The molecule has 0 amide bonds. The van der Waals surface area contributed by atoms with Crippen LogP contribution in [0.1, 0.15) is 0 Å². The molecule has 2 heteroatoms. The van der Waals surface area contributed by atoms with Gasteiger partial charge in [-0.25, -0.2) is 0 Å². The SMILES string of the molecule is c1ccc(-c2ccc(-c3ccc(N(c4ccc(-c5ccccc5)cc4)c4ccccc4-c4ccc5c(c4)oc4cc6ccccc6cc45)cc3)cc2)cc1. The van der Waals surface area contributed by atoms with Gasteiger partial charge in [0.15, 0.2) is 0 Å². The highest BCUT2D eigenvalue weighted by molar-refractivity contribution is 6.11. The van der Waals surface area contributed by atoms with Gasteiger partial charge in [0, 0.05) is 27.7 Å². The number of hydrogen-bond donors (Lipinski definition) is 0. The van der Waals surface area contributed by atoms with E-state index in [1.807, 2.05) is 0 Å². The summed E-state index contributed by atoms with van der Waals surface area (Å²) >= 11 is 0. The Hall–Kier alpha value is -7.16. The van der Waals surface area contributed by atoms with Crippen LogP contribution in [0.5, 0.6) is 0 Å². The van der Waals surface area contributed by atoms with Crippen molar-refractivity contribution in [2.24, 2.45) is 0 Å². The third-order valence-electron chi connectivity index (χ3n) is 10.5. The van der Waals surface area contributed by atoms with Crippen molar-refractivity contribution in [2.45, 2.75) is 0 Å². The second-order valence-corrected chi connectivity index (χ2v) is 13.8.